The third-order valence-electron chi connectivity index (χ3n) is 4.30. The van der Waals surface area contributed by atoms with Gasteiger partial charge in [-0.15, -0.1) is 0 Å². The molecule has 0 unspecified atom stereocenters. The summed E-state index contributed by atoms with van der Waals surface area (Å²) < 4.78 is 51.3. The minimum absolute atomic E-state index is 0.0364. The smallest absolute Gasteiger partial charge is 0.229 e. The van der Waals surface area contributed by atoms with Gasteiger partial charge >= 0.3 is 0 Å². The normalized spacial score (nSPS) is 22.4. The Hall–Kier alpha value is -0.630. The third-order valence-corrected chi connectivity index (χ3v) is 8.49. The lowest BCUT2D eigenvalue weighted by Gasteiger charge is -2.32. The van der Waals surface area contributed by atoms with Crippen LogP contribution in [0.1, 0.15) is 32.3 Å². The summed E-state index contributed by atoms with van der Waals surface area (Å²) >= 11 is 5.97. The molecule has 8 heteroatoms. The van der Waals surface area contributed by atoms with Crippen molar-refractivity contribution in [2.75, 3.05) is 11.5 Å². The summed E-state index contributed by atoms with van der Waals surface area (Å²) in [6, 6.07) is 3.94. The molecule has 1 aromatic carbocycles. The largest absolute Gasteiger partial charge is 0.243 e. The summed E-state index contributed by atoms with van der Waals surface area (Å²) in [4.78, 5) is 0.148. The van der Waals surface area contributed by atoms with Crippen molar-refractivity contribution in [3.8, 4) is 0 Å². The number of hydrogen-bond acceptors (Lipinski definition) is 4. The Labute approximate surface area is 143 Å². The van der Waals surface area contributed by atoms with Crippen LogP contribution in [0.3, 0.4) is 0 Å². The second-order valence-electron chi connectivity index (χ2n) is 6.06. The number of benzene rings is 1. The molecule has 0 spiro atoms. The van der Waals surface area contributed by atoms with Crippen molar-refractivity contribution in [2.45, 2.75) is 50.6 Å². The highest BCUT2D eigenvalue weighted by atomic mass is 35.5. The van der Waals surface area contributed by atoms with Crippen LogP contribution in [0, 0.1) is 6.92 Å². The van der Waals surface area contributed by atoms with Crippen LogP contribution in [0.4, 0.5) is 0 Å². The topological polar surface area (TPSA) is 71.5 Å². The first kappa shape index (κ1) is 18.7. The Morgan fingerprint density at radius 3 is 2.57 bits per heavy atom. The number of hydrogen-bond donors (Lipinski definition) is 0. The van der Waals surface area contributed by atoms with Gasteiger partial charge in [-0.1, -0.05) is 24.6 Å². The fourth-order valence-electron chi connectivity index (χ4n) is 2.91. The molecule has 0 saturated carbocycles. The molecule has 2 atom stereocenters. The zero-order valence-corrected chi connectivity index (χ0v) is 15.9. The Bertz CT molecular complexity index is 790. The number of sulfone groups is 1. The maximum atomic E-state index is 13.2. The average Bonchev–Trinajstić information content (AvgIpc) is 2.80. The van der Waals surface area contributed by atoms with E-state index >= 15 is 0 Å². The Morgan fingerprint density at radius 2 is 2.04 bits per heavy atom. The van der Waals surface area contributed by atoms with E-state index in [0.29, 0.717) is 23.4 Å². The molecule has 0 bridgehead atoms. The lowest BCUT2D eigenvalue weighted by Crippen LogP contribution is -2.46. The van der Waals surface area contributed by atoms with E-state index in [2.05, 4.69) is 0 Å². The molecule has 5 nitrogen and oxygen atoms in total. The van der Waals surface area contributed by atoms with Crippen molar-refractivity contribution in [2.24, 2.45) is 0 Å². The second kappa shape index (κ2) is 6.70. The first-order chi connectivity index (χ1) is 10.6. The molecule has 1 saturated heterocycles. The van der Waals surface area contributed by atoms with Crippen molar-refractivity contribution >= 4 is 31.5 Å². The molecule has 0 amide bonds. The number of sulfonamides is 1. The van der Waals surface area contributed by atoms with E-state index in [1.165, 1.54) is 10.4 Å². The zero-order chi connectivity index (χ0) is 17.4. The Morgan fingerprint density at radius 1 is 1.39 bits per heavy atom. The maximum Gasteiger partial charge on any atom is 0.243 e. The molecular weight excluding hydrogens is 358 g/mol. The SMILES string of the molecule is CC[C@@H](C)N([C@@H]1CCS(=O)(=O)C1)S(=O)(=O)c1cc(Cl)ccc1C. The van der Waals surface area contributed by atoms with Gasteiger partial charge in [-0.2, -0.15) is 4.31 Å². The van der Waals surface area contributed by atoms with Gasteiger partial charge in [0.15, 0.2) is 9.84 Å². The summed E-state index contributed by atoms with van der Waals surface area (Å²) in [6.45, 7) is 5.41. The molecular formula is C15H22ClNO4S2. The van der Waals surface area contributed by atoms with Crippen molar-refractivity contribution in [1.82, 2.24) is 4.31 Å². The standard InChI is InChI=1S/C15H22ClNO4S2/c1-4-12(3)17(14-7-8-22(18,19)10-14)23(20,21)15-9-13(16)6-5-11(15)2/h5-6,9,12,14H,4,7-8,10H2,1-3H3/t12-,14-/m1/s1. The lowest BCUT2D eigenvalue weighted by atomic mass is 10.2. The van der Waals surface area contributed by atoms with Crippen molar-refractivity contribution in [3.63, 3.8) is 0 Å². The van der Waals surface area contributed by atoms with E-state index in [1.807, 2.05) is 13.8 Å². The van der Waals surface area contributed by atoms with Crippen LogP contribution >= 0.6 is 11.6 Å². The van der Waals surface area contributed by atoms with Crippen molar-refractivity contribution < 1.29 is 16.8 Å². The number of nitrogens with zero attached hydrogens (tertiary/aromatic N) is 1. The molecule has 1 heterocycles. The van der Waals surface area contributed by atoms with Gasteiger partial charge in [-0.3, -0.25) is 0 Å². The van der Waals surface area contributed by atoms with Gasteiger partial charge in [0.2, 0.25) is 10.0 Å². The number of halogens is 1. The zero-order valence-electron chi connectivity index (χ0n) is 13.5. The summed E-state index contributed by atoms with van der Waals surface area (Å²) in [5.41, 5.74) is 0.601. The van der Waals surface area contributed by atoms with Gasteiger partial charge in [0, 0.05) is 17.1 Å². The first-order valence-corrected chi connectivity index (χ1v) is 11.2. The second-order valence-corrected chi connectivity index (χ2v) is 10.5. The fraction of sp³-hybridized carbons (Fsp3) is 0.600. The van der Waals surface area contributed by atoms with Gasteiger partial charge in [-0.05, 0) is 44.4 Å². The summed E-state index contributed by atoms with van der Waals surface area (Å²) in [6.07, 6.45) is 0.945. The number of rotatable bonds is 5. The van der Waals surface area contributed by atoms with Gasteiger partial charge in [0.05, 0.1) is 16.4 Å². The Kier molecular flexibility index (Phi) is 5.45. The van der Waals surface area contributed by atoms with Crippen LogP contribution in [-0.4, -0.2) is 44.7 Å². The van der Waals surface area contributed by atoms with E-state index < -0.39 is 25.9 Å². The molecule has 0 radical (unpaired) electrons. The molecule has 0 N–H and O–H groups in total. The van der Waals surface area contributed by atoms with Gasteiger partial charge in [0.1, 0.15) is 0 Å². The molecule has 1 fully saturated rings. The fourth-order valence-corrected chi connectivity index (χ4v) is 7.13. The third kappa shape index (κ3) is 3.90. The monoisotopic (exact) mass is 379 g/mol. The van der Waals surface area contributed by atoms with Gasteiger partial charge < -0.3 is 0 Å². The molecule has 0 aromatic heterocycles. The highest BCUT2D eigenvalue weighted by Gasteiger charge is 2.41. The van der Waals surface area contributed by atoms with E-state index in [1.54, 1.807) is 19.1 Å². The Balaban J connectivity index is 2.52. The van der Waals surface area contributed by atoms with Crippen molar-refractivity contribution in [3.05, 3.63) is 28.8 Å². The van der Waals surface area contributed by atoms with Crippen LogP contribution < -0.4 is 0 Å². The summed E-state index contributed by atoms with van der Waals surface area (Å²) in [7, 11) is -6.99. The lowest BCUT2D eigenvalue weighted by molar-refractivity contribution is 0.271. The highest BCUT2D eigenvalue weighted by Crippen LogP contribution is 2.30. The van der Waals surface area contributed by atoms with Crippen molar-refractivity contribution in [1.29, 1.82) is 0 Å². The molecule has 23 heavy (non-hydrogen) atoms. The van der Waals surface area contributed by atoms with Crippen LogP contribution in [0.2, 0.25) is 5.02 Å². The minimum Gasteiger partial charge on any atom is -0.229 e. The van der Waals surface area contributed by atoms with Crippen LogP contribution in [-0.2, 0) is 19.9 Å². The molecule has 2 rings (SSSR count). The molecule has 0 aliphatic carbocycles. The van der Waals surface area contributed by atoms with E-state index in [9.17, 15) is 16.8 Å². The summed E-state index contributed by atoms with van der Waals surface area (Å²) in [5, 5.41) is 0.345. The quantitative estimate of drug-likeness (QED) is 0.788. The minimum atomic E-state index is -3.81. The van der Waals surface area contributed by atoms with E-state index in [4.69, 9.17) is 11.6 Å². The number of aryl methyl sites for hydroxylation is 1. The van der Waals surface area contributed by atoms with Crippen LogP contribution in [0.5, 0.6) is 0 Å². The highest BCUT2D eigenvalue weighted by molar-refractivity contribution is 7.92. The van der Waals surface area contributed by atoms with Crippen LogP contribution in [0.25, 0.3) is 0 Å². The predicted octanol–water partition coefficient (Wildman–Crippen LogP) is 2.62. The van der Waals surface area contributed by atoms with Crippen LogP contribution in [0.15, 0.2) is 23.1 Å². The van der Waals surface area contributed by atoms with E-state index in [0.717, 1.165) is 0 Å². The molecule has 1 aliphatic rings. The molecule has 130 valence electrons. The molecule has 1 aromatic rings. The maximum absolute atomic E-state index is 13.2. The predicted molar refractivity (Wildman–Crippen MR) is 92.0 cm³/mol. The summed E-state index contributed by atoms with van der Waals surface area (Å²) in [5.74, 6) is -0.0785. The average molecular weight is 380 g/mol. The van der Waals surface area contributed by atoms with E-state index in [-0.39, 0.29) is 22.4 Å². The first-order valence-electron chi connectivity index (χ1n) is 7.58. The van der Waals surface area contributed by atoms with Gasteiger partial charge in [-0.25, -0.2) is 16.8 Å². The molecule has 1 aliphatic heterocycles. The van der Waals surface area contributed by atoms with Gasteiger partial charge in [0.25, 0.3) is 0 Å².